The number of hydrogen-bond acceptors (Lipinski definition) is 3. The van der Waals surface area contributed by atoms with Crippen molar-refractivity contribution in [3.8, 4) is 0 Å². The summed E-state index contributed by atoms with van der Waals surface area (Å²) in [7, 11) is 3.78. The Balaban J connectivity index is 0.00000162. The van der Waals surface area contributed by atoms with Gasteiger partial charge in [-0.15, -0.1) is 24.2 Å². The molecule has 0 aromatic heterocycles. The van der Waals surface area contributed by atoms with Crippen molar-refractivity contribution in [1.82, 2.24) is 10.2 Å². The summed E-state index contributed by atoms with van der Waals surface area (Å²) in [5.41, 5.74) is 1.30. The number of fused-ring (bicyclic) bond motifs is 1. The molecule has 1 aromatic rings. The van der Waals surface area contributed by atoms with E-state index in [9.17, 15) is 4.79 Å². The molecule has 2 rings (SSSR count). The molecule has 0 fully saturated rings. The molecule has 0 radical (unpaired) electrons. The van der Waals surface area contributed by atoms with Gasteiger partial charge in [-0.1, -0.05) is 18.2 Å². The van der Waals surface area contributed by atoms with Crippen LogP contribution in [-0.4, -0.2) is 43.2 Å². The van der Waals surface area contributed by atoms with Crippen LogP contribution in [0.5, 0.6) is 0 Å². The minimum Gasteiger partial charge on any atom is -0.344 e. The summed E-state index contributed by atoms with van der Waals surface area (Å²) in [6.07, 6.45) is 0.865. The lowest BCUT2D eigenvalue weighted by molar-refractivity contribution is -0.129. The molecule has 1 heterocycles. The first kappa shape index (κ1) is 15.3. The van der Waals surface area contributed by atoms with Crippen molar-refractivity contribution in [2.75, 3.05) is 27.2 Å². The van der Waals surface area contributed by atoms with Crippen LogP contribution in [0, 0.1) is 0 Å². The Labute approximate surface area is 119 Å². The minimum absolute atomic E-state index is 0. The first-order valence-electron chi connectivity index (χ1n) is 5.86. The third-order valence-corrected chi connectivity index (χ3v) is 4.30. The number of nitrogens with one attached hydrogen (secondary N) is 1. The molecule has 1 aliphatic heterocycles. The van der Waals surface area contributed by atoms with E-state index in [2.05, 4.69) is 17.4 Å². The average molecular weight is 287 g/mol. The lowest BCUT2D eigenvalue weighted by Gasteiger charge is -2.20. The summed E-state index contributed by atoms with van der Waals surface area (Å²) < 4.78 is 0. The molecule has 1 amide bonds. The Morgan fingerprint density at radius 1 is 1.50 bits per heavy atom. The molecule has 0 saturated carbocycles. The van der Waals surface area contributed by atoms with Crippen molar-refractivity contribution in [2.45, 2.75) is 16.6 Å². The quantitative estimate of drug-likeness (QED) is 0.916. The van der Waals surface area contributed by atoms with Crippen molar-refractivity contribution < 1.29 is 4.79 Å². The van der Waals surface area contributed by atoms with E-state index in [-0.39, 0.29) is 23.6 Å². The SMILES string of the molecule is CNCCN(C)C(=O)C1Cc2ccccc2S1.Cl. The number of hydrogen-bond donors (Lipinski definition) is 1. The topological polar surface area (TPSA) is 32.3 Å². The zero-order chi connectivity index (χ0) is 12.3. The number of carbonyl (C=O) groups excluding carboxylic acids is 1. The van der Waals surface area contributed by atoms with E-state index < -0.39 is 0 Å². The summed E-state index contributed by atoms with van der Waals surface area (Å²) in [5, 5.41) is 3.12. The number of rotatable bonds is 4. The van der Waals surface area contributed by atoms with Crippen molar-refractivity contribution in [3.63, 3.8) is 0 Å². The Hall–Kier alpha value is -0.710. The zero-order valence-electron chi connectivity index (χ0n) is 10.7. The molecule has 1 unspecified atom stereocenters. The fourth-order valence-electron chi connectivity index (χ4n) is 1.96. The number of benzene rings is 1. The van der Waals surface area contributed by atoms with Gasteiger partial charge in [0.05, 0.1) is 5.25 Å². The van der Waals surface area contributed by atoms with Crippen molar-refractivity contribution in [1.29, 1.82) is 0 Å². The van der Waals surface area contributed by atoms with E-state index >= 15 is 0 Å². The third-order valence-electron chi connectivity index (χ3n) is 3.00. The minimum atomic E-state index is 0. The van der Waals surface area contributed by atoms with Gasteiger partial charge in [-0.2, -0.15) is 0 Å². The second-order valence-electron chi connectivity index (χ2n) is 4.28. The van der Waals surface area contributed by atoms with Crippen LogP contribution in [0.4, 0.5) is 0 Å². The molecule has 100 valence electrons. The molecule has 0 saturated heterocycles. The van der Waals surface area contributed by atoms with Crippen LogP contribution in [0.1, 0.15) is 5.56 Å². The van der Waals surface area contributed by atoms with Gasteiger partial charge in [-0.3, -0.25) is 4.79 Å². The normalized spacial score (nSPS) is 16.9. The first-order valence-corrected chi connectivity index (χ1v) is 6.74. The van der Waals surface area contributed by atoms with Crippen LogP contribution in [-0.2, 0) is 11.2 Å². The lowest BCUT2D eigenvalue weighted by Crippen LogP contribution is -2.38. The van der Waals surface area contributed by atoms with Gasteiger partial charge in [-0.05, 0) is 25.1 Å². The molecule has 0 bridgehead atoms. The van der Waals surface area contributed by atoms with Crippen LogP contribution in [0.15, 0.2) is 29.2 Å². The van der Waals surface area contributed by atoms with Gasteiger partial charge in [0.15, 0.2) is 0 Å². The van der Waals surface area contributed by atoms with Crippen molar-refractivity contribution >= 4 is 30.1 Å². The van der Waals surface area contributed by atoms with Crippen LogP contribution >= 0.6 is 24.2 Å². The van der Waals surface area contributed by atoms with E-state index in [0.717, 1.165) is 19.5 Å². The maximum Gasteiger partial charge on any atom is 0.236 e. The molecule has 0 spiro atoms. The maximum absolute atomic E-state index is 12.2. The number of thioether (sulfide) groups is 1. The Morgan fingerprint density at radius 2 is 2.22 bits per heavy atom. The van der Waals surface area contributed by atoms with E-state index in [1.165, 1.54) is 10.5 Å². The molecule has 1 aromatic carbocycles. The Morgan fingerprint density at radius 3 is 2.89 bits per heavy atom. The Kier molecular flexibility index (Phi) is 5.99. The van der Waals surface area contributed by atoms with Crippen molar-refractivity contribution in [3.05, 3.63) is 29.8 Å². The number of likely N-dealkylation sites (N-methyl/N-ethyl adjacent to an activating group) is 2. The number of carbonyl (C=O) groups is 1. The molecular weight excluding hydrogens is 268 g/mol. The molecule has 18 heavy (non-hydrogen) atoms. The largest absolute Gasteiger partial charge is 0.344 e. The van der Waals surface area contributed by atoms with Gasteiger partial charge in [0.25, 0.3) is 0 Å². The van der Waals surface area contributed by atoms with Crippen LogP contribution in [0.2, 0.25) is 0 Å². The summed E-state index contributed by atoms with van der Waals surface area (Å²) >= 11 is 1.69. The van der Waals surface area contributed by atoms with E-state index in [1.54, 1.807) is 11.8 Å². The highest BCUT2D eigenvalue weighted by Crippen LogP contribution is 2.37. The zero-order valence-corrected chi connectivity index (χ0v) is 12.3. The third kappa shape index (κ3) is 3.40. The maximum atomic E-state index is 12.2. The molecular formula is C13H19ClN2OS. The molecule has 3 nitrogen and oxygen atoms in total. The molecule has 1 atom stereocenters. The number of halogens is 1. The summed E-state index contributed by atoms with van der Waals surface area (Å²) in [6, 6.07) is 8.28. The highest BCUT2D eigenvalue weighted by atomic mass is 35.5. The second kappa shape index (κ2) is 7.02. The smallest absolute Gasteiger partial charge is 0.236 e. The van der Waals surface area contributed by atoms with Gasteiger partial charge >= 0.3 is 0 Å². The van der Waals surface area contributed by atoms with Gasteiger partial charge in [0.1, 0.15) is 0 Å². The highest BCUT2D eigenvalue weighted by Gasteiger charge is 2.29. The summed E-state index contributed by atoms with van der Waals surface area (Å²) in [5.74, 6) is 0.237. The second-order valence-corrected chi connectivity index (χ2v) is 5.53. The monoisotopic (exact) mass is 286 g/mol. The summed E-state index contributed by atoms with van der Waals surface area (Å²) in [4.78, 5) is 15.3. The summed E-state index contributed by atoms with van der Waals surface area (Å²) in [6.45, 7) is 1.61. The highest BCUT2D eigenvalue weighted by molar-refractivity contribution is 8.01. The number of nitrogens with zero attached hydrogens (tertiary/aromatic N) is 1. The Bertz CT molecular complexity index is 389. The molecule has 0 aliphatic carbocycles. The van der Waals surface area contributed by atoms with Gasteiger partial charge in [0, 0.05) is 25.0 Å². The van der Waals surface area contributed by atoms with E-state index in [4.69, 9.17) is 0 Å². The van der Waals surface area contributed by atoms with Gasteiger partial charge in [0.2, 0.25) is 5.91 Å². The lowest BCUT2D eigenvalue weighted by atomic mass is 10.1. The van der Waals surface area contributed by atoms with Crippen molar-refractivity contribution in [2.24, 2.45) is 0 Å². The average Bonchev–Trinajstić information content (AvgIpc) is 2.78. The van der Waals surface area contributed by atoms with Crippen LogP contribution in [0.25, 0.3) is 0 Å². The van der Waals surface area contributed by atoms with E-state index in [0.29, 0.717) is 0 Å². The van der Waals surface area contributed by atoms with Crippen LogP contribution in [0.3, 0.4) is 0 Å². The molecule has 1 N–H and O–H groups in total. The fourth-order valence-corrected chi connectivity index (χ4v) is 3.27. The fraction of sp³-hybridized carbons (Fsp3) is 0.462. The molecule has 1 aliphatic rings. The standard InChI is InChI=1S/C13H18N2OS.ClH/c1-14-7-8-15(2)13(16)12-9-10-5-3-4-6-11(10)17-12;/h3-6,12,14H,7-9H2,1-2H3;1H. The van der Waals surface area contributed by atoms with Gasteiger partial charge < -0.3 is 10.2 Å². The van der Waals surface area contributed by atoms with Crippen LogP contribution < -0.4 is 5.32 Å². The predicted octanol–water partition coefficient (Wildman–Crippen LogP) is 1.80. The predicted molar refractivity (Wildman–Crippen MR) is 78.6 cm³/mol. The number of amides is 1. The van der Waals surface area contributed by atoms with Gasteiger partial charge in [-0.25, -0.2) is 0 Å². The van der Waals surface area contributed by atoms with E-state index in [1.807, 2.05) is 31.1 Å². The molecule has 5 heteroatoms. The first-order chi connectivity index (χ1) is 8.22.